The van der Waals surface area contributed by atoms with Crippen LogP contribution in [0.1, 0.15) is 56.4 Å². The Morgan fingerprint density at radius 2 is 2.26 bits per heavy atom. The Bertz CT molecular complexity index is 479. The Morgan fingerprint density at radius 3 is 2.89 bits per heavy atom. The van der Waals surface area contributed by atoms with Crippen LogP contribution in [0.25, 0.3) is 0 Å². The number of aromatic nitrogens is 4. The summed E-state index contributed by atoms with van der Waals surface area (Å²) in [6.07, 6.45) is 2.16. The number of nitrogens with one attached hydrogen (secondary N) is 1. The first kappa shape index (κ1) is 14.1. The third-order valence-corrected chi connectivity index (χ3v) is 4.12. The van der Waals surface area contributed by atoms with Crippen molar-refractivity contribution < 1.29 is 0 Å². The minimum atomic E-state index is 0.166. The van der Waals surface area contributed by atoms with E-state index in [0.29, 0.717) is 0 Å². The molecule has 0 aliphatic heterocycles. The average Bonchev–Trinajstić information content (AvgIpc) is 3.07. The van der Waals surface area contributed by atoms with Gasteiger partial charge in [0.2, 0.25) is 0 Å². The lowest BCUT2D eigenvalue weighted by atomic mass is 10.1. The molecule has 104 valence electrons. The third-order valence-electron chi connectivity index (χ3n) is 3.14. The summed E-state index contributed by atoms with van der Waals surface area (Å²) in [5, 5.41) is 17.8. The van der Waals surface area contributed by atoms with Crippen molar-refractivity contribution in [2.24, 2.45) is 0 Å². The first-order chi connectivity index (χ1) is 9.27. The van der Waals surface area contributed by atoms with Gasteiger partial charge in [-0.15, -0.1) is 16.4 Å². The van der Waals surface area contributed by atoms with E-state index in [2.05, 4.69) is 59.1 Å². The number of hydrogen-bond donors (Lipinski definition) is 1. The standard InChI is InChI=1S/C13H21N5S/c1-4-7-11(12-8-6-9-19-12)18-13(15-16-17-18)10(3)14-5-2/h6,8-11,14H,4-5,7H2,1-3H3. The second kappa shape index (κ2) is 6.77. The Balaban J connectivity index is 2.30. The summed E-state index contributed by atoms with van der Waals surface area (Å²) in [7, 11) is 0. The molecule has 1 N–H and O–H groups in total. The molecule has 2 rings (SSSR count). The van der Waals surface area contributed by atoms with Crippen LogP contribution in [-0.2, 0) is 0 Å². The molecule has 0 aromatic carbocycles. The summed E-state index contributed by atoms with van der Waals surface area (Å²) in [6, 6.07) is 4.66. The topological polar surface area (TPSA) is 55.6 Å². The predicted octanol–water partition coefficient (Wildman–Crippen LogP) is 2.79. The third kappa shape index (κ3) is 3.19. The summed E-state index contributed by atoms with van der Waals surface area (Å²) >= 11 is 1.77. The van der Waals surface area contributed by atoms with Crippen molar-refractivity contribution in [1.82, 2.24) is 25.5 Å². The summed E-state index contributed by atoms with van der Waals surface area (Å²) in [5.41, 5.74) is 0. The molecule has 2 aromatic heterocycles. The van der Waals surface area contributed by atoms with Crippen LogP contribution in [0.2, 0.25) is 0 Å². The predicted molar refractivity (Wildman–Crippen MR) is 77.3 cm³/mol. The molecule has 0 fully saturated rings. The van der Waals surface area contributed by atoms with Crippen molar-refractivity contribution in [3.63, 3.8) is 0 Å². The number of tetrazole rings is 1. The fourth-order valence-electron chi connectivity index (χ4n) is 2.24. The molecule has 19 heavy (non-hydrogen) atoms. The van der Waals surface area contributed by atoms with Crippen LogP contribution in [-0.4, -0.2) is 26.8 Å². The molecule has 0 aliphatic carbocycles. The molecular weight excluding hydrogens is 258 g/mol. The van der Waals surface area contributed by atoms with Gasteiger partial charge in [-0.05, 0) is 41.8 Å². The van der Waals surface area contributed by atoms with E-state index in [0.717, 1.165) is 25.2 Å². The summed E-state index contributed by atoms with van der Waals surface area (Å²) in [6.45, 7) is 7.29. The molecular formula is C13H21N5S. The molecule has 0 spiro atoms. The van der Waals surface area contributed by atoms with Crippen LogP contribution in [0.15, 0.2) is 17.5 Å². The van der Waals surface area contributed by atoms with E-state index in [1.165, 1.54) is 4.88 Å². The zero-order valence-electron chi connectivity index (χ0n) is 11.7. The molecule has 2 heterocycles. The lowest BCUT2D eigenvalue weighted by molar-refractivity contribution is 0.433. The Hall–Kier alpha value is -1.27. The monoisotopic (exact) mass is 279 g/mol. The first-order valence-corrected chi connectivity index (χ1v) is 7.70. The summed E-state index contributed by atoms with van der Waals surface area (Å²) in [5.74, 6) is 0.911. The van der Waals surface area contributed by atoms with E-state index >= 15 is 0 Å². The largest absolute Gasteiger partial charge is 0.308 e. The van der Waals surface area contributed by atoms with Crippen molar-refractivity contribution in [3.05, 3.63) is 28.2 Å². The number of rotatable bonds is 7. The SMILES string of the molecule is CCCC(c1cccs1)n1nnnc1C(C)NCC. The second-order valence-corrected chi connectivity index (χ2v) is 5.56. The van der Waals surface area contributed by atoms with Crippen LogP contribution < -0.4 is 5.32 Å². The minimum Gasteiger partial charge on any atom is -0.308 e. The molecule has 2 aromatic rings. The van der Waals surface area contributed by atoms with E-state index in [-0.39, 0.29) is 12.1 Å². The van der Waals surface area contributed by atoms with Gasteiger partial charge in [0.25, 0.3) is 0 Å². The van der Waals surface area contributed by atoms with Crippen LogP contribution in [0.5, 0.6) is 0 Å². The Morgan fingerprint density at radius 1 is 1.42 bits per heavy atom. The highest BCUT2D eigenvalue weighted by Crippen LogP contribution is 2.28. The van der Waals surface area contributed by atoms with Crippen molar-refractivity contribution >= 4 is 11.3 Å². The fourth-order valence-corrected chi connectivity index (χ4v) is 3.09. The number of nitrogens with zero attached hydrogens (tertiary/aromatic N) is 4. The quantitative estimate of drug-likeness (QED) is 0.846. The normalized spacial score (nSPS) is 14.5. The molecule has 0 amide bonds. The summed E-state index contributed by atoms with van der Waals surface area (Å²) < 4.78 is 1.97. The highest BCUT2D eigenvalue weighted by molar-refractivity contribution is 7.10. The summed E-state index contributed by atoms with van der Waals surface area (Å²) in [4.78, 5) is 1.32. The lowest BCUT2D eigenvalue weighted by Gasteiger charge is -2.19. The van der Waals surface area contributed by atoms with Crippen LogP contribution in [0, 0.1) is 0 Å². The van der Waals surface area contributed by atoms with E-state index < -0.39 is 0 Å². The highest BCUT2D eigenvalue weighted by Gasteiger charge is 2.22. The van der Waals surface area contributed by atoms with Gasteiger partial charge in [0.05, 0.1) is 12.1 Å². The van der Waals surface area contributed by atoms with Gasteiger partial charge in [0, 0.05) is 4.88 Å². The maximum Gasteiger partial charge on any atom is 0.168 e. The smallest absolute Gasteiger partial charge is 0.168 e. The zero-order chi connectivity index (χ0) is 13.7. The number of thiophene rings is 1. The molecule has 0 saturated heterocycles. The lowest BCUT2D eigenvalue weighted by Crippen LogP contribution is -2.24. The van der Waals surface area contributed by atoms with Gasteiger partial charge < -0.3 is 5.32 Å². The molecule has 0 saturated carbocycles. The first-order valence-electron chi connectivity index (χ1n) is 6.82. The van der Waals surface area contributed by atoms with Gasteiger partial charge in [0.15, 0.2) is 5.82 Å². The molecule has 2 unspecified atom stereocenters. The van der Waals surface area contributed by atoms with Crippen molar-refractivity contribution in [2.75, 3.05) is 6.54 Å². The van der Waals surface area contributed by atoms with E-state index in [9.17, 15) is 0 Å². The molecule has 0 aliphatic rings. The van der Waals surface area contributed by atoms with E-state index in [4.69, 9.17) is 0 Å². The van der Waals surface area contributed by atoms with Crippen LogP contribution >= 0.6 is 11.3 Å². The van der Waals surface area contributed by atoms with Gasteiger partial charge in [-0.2, -0.15) is 0 Å². The Labute approximate surface area is 118 Å². The molecule has 5 nitrogen and oxygen atoms in total. The average molecular weight is 279 g/mol. The number of hydrogen-bond acceptors (Lipinski definition) is 5. The zero-order valence-corrected chi connectivity index (χ0v) is 12.5. The van der Waals surface area contributed by atoms with Crippen molar-refractivity contribution in [2.45, 2.75) is 45.7 Å². The maximum atomic E-state index is 4.22. The van der Waals surface area contributed by atoms with E-state index in [1.54, 1.807) is 11.3 Å². The van der Waals surface area contributed by atoms with Crippen LogP contribution in [0.3, 0.4) is 0 Å². The van der Waals surface area contributed by atoms with Crippen molar-refractivity contribution in [1.29, 1.82) is 0 Å². The molecule has 0 radical (unpaired) electrons. The fraction of sp³-hybridized carbons (Fsp3) is 0.615. The Kier molecular flexibility index (Phi) is 5.04. The molecule has 0 bridgehead atoms. The van der Waals surface area contributed by atoms with Crippen molar-refractivity contribution in [3.8, 4) is 0 Å². The van der Waals surface area contributed by atoms with Gasteiger partial charge >= 0.3 is 0 Å². The van der Waals surface area contributed by atoms with Gasteiger partial charge in [-0.3, -0.25) is 0 Å². The highest BCUT2D eigenvalue weighted by atomic mass is 32.1. The second-order valence-electron chi connectivity index (χ2n) is 4.58. The van der Waals surface area contributed by atoms with Gasteiger partial charge in [-0.1, -0.05) is 26.3 Å². The minimum absolute atomic E-state index is 0.166. The maximum absolute atomic E-state index is 4.22. The van der Waals surface area contributed by atoms with Crippen LogP contribution in [0.4, 0.5) is 0 Å². The molecule has 6 heteroatoms. The van der Waals surface area contributed by atoms with Gasteiger partial charge in [-0.25, -0.2) is 4.68 Å². The molecule has 2 atom stereocenters. The van der Waals surface area contributed by atoms with E-state index in [1.807, 2.05) is 4.68 Å². The van der Waals surface area contributed by atoms with Gasteiger partial charge in [0.1, 0.15) is 0 Å².